The Hall–Kier alpha value is -2.60. The first-order valence-corrected chi connectivity index (χ1v) is 6.64. The minimum Gasteiger partial charge on any atom is -0.368 e. The Morgan fingerprint density at radius 3 is 2.81 bits per heavy atom. The van der Waals surface area contributed by atoms with Gasteiger partial charge in [-0.1, -0.05) is 23.7 Å². The molecule has 3 N–H and O–H groups in total. The highest BCUT2D eigenvalue weighted by Crippen LogP contribution is 2.30. The number of hydrogen-bond acceptors (Lipinski definition) is 5. The Kier molecular flexibility index (Phi) is 3.45. The Labute approximate surface area is 126 Å². The van der Waals surface area contributed by atoms with Gasteiger partial charge in [0.1, 0.15) is 10.8 Å². The molecule has 0 aliphatic heterocycles. The molecule has 0 unspecified atom stereocenters. The molecule has 0 aliphatic carbocycles. The zero-order valence-electron chi connectivity index (χ0n) is 11.3. The molecule has 106 valence electrons. The summed E-state index contributed by atoms with van der Waals surface area (Å²) in [4.78, 5) is 12.3. The van der Waals surface area contributed by atoms with Crippen LogP contribution >= 0.6 is 11.6 Å². The van der Waals surface area contributed by atoms with E-state index < -0.39 is 0 Å². The van der Waals surface area contributed by atoms with Crippen molar-refractivity contribution in [2.24, 2.45) is 7.05 Å². The summed E-state index contributed by atoms with van der Waals surface area (Å²) in [5.41, 5.74) is 7.38. The number of anilines is 3. The number of para-hydroxylation sites is 1. The maximum Gasteiger partial charge on any atom is 0.222 e. The van der Waals surface area contributed by atoms with E-state index in [1.165, 1.54) is 6.20 Å². The van der Waals surface area contributed by atoms with Gasteiger partial charge < -0.3 is 15.6 Å². The second-order valence-corrected chi connectivity index (χ2v) is 4.86. The summed E-state index contributed by atoms with van der Waals surface area (Å²) in [6.07, 6.45) is 5.11. The first-order valence-electron chi connectivity index (χ1n) is 6.27. The van der Waals surface area contributed by atoms with E-state index in [2.05, 4.69) is 20.3 Å². The van der Waals surface area contributed by atoms with Crippen LogP contribution in [0.25, 0.3) is 11.4 Å². The molecule has 0 saturated carbocycles. The van der Waals surface area contributed by atoms with Crippen LogP contribution in [0.4, 0.5) is 17.5 Å². The molecule has 2 aromatic heterocycles. The topological polar surface area (TPSA) is 81.7 Å². The van der Waals surface area contributed by atoms with E-state index in [1.54, 1.807) is 6.20 Å². The number of aryl methyl sites for hydroxylation is 1. The molecule has 7 heteroatoms. The first-order chi connectivity index (χ1) is 10.1. The van der Waals surface area contributed by atoms with E-state index in [9.17, 15) is 0 Å². The van der Waals surface area contributed by atoms with Gasteiger partial charge in [-0.2, -0.15) is 4.98 Å². The molecule has 3 rings (SSSR count). The van der Waals surface area contributed by atoms with Crippen molar-refractivity contribution >= 4 is 29.1 Å². The van der Waals surface area contributed by atoms with Gasteiger partial charge in [0.2, 0.25) is 5.95 Å². The molecule has 1 aromatic carbocycles. The normalized spacial score (nSPS) is 10.6. The number of nitrogens with two attached hydrogens (primary N) is 1. The second-order valence-electron chi connectivity index (χ2n) is 4.46. The third-order valence-corrected chi connectivity index (χ3v) is 3.28. The molecule has 0 aliphatic rings. The van der Waals surface area contributed by atoms with Gasteiger partial charge >= 0.3 is 0 Å². The van der Waals surface area contributed by atoms with E-state index in [4.69, 9.17) is 17.3 Å². The van der Waals surface area contributed by atoms with Crippen LogP contribution in [0.15, 0.2) is 42.9 Å². The van der Waals surface area contributed by atoms with E-state index in [-0.39, 0.29) is 5.95 Å². The van der Waals surface area contributed by atoms with Crippen LogP contribution < -0.4 is 11.1 Å². The lowest BCUT2D eigenvalue weighted by atomic mass is 10.1. The first kappa shape index (κ1) is 13.4. The van der Waals surface area contributed by atoms with Gasteiger partial charge in [-0.3, -0.25) is 0 Å². The molecular weight excluding hydrogens is 288 g/mol. The van der Waals surface area contributed by atoms with Gasteiger partial charge in [-0.25, -0.2) is 9.97 Å². The summed E-state index contributed by atoms with van der Waals surface area (Å²) in [6, 6.07) is 7.78. The van der Waals surface area contributed by atoms with Crippen LogP contribution in [0.1, 0.15) is 0 Å². The van der Waals surface area contributed by atoms with E-state index in [0.29, 0.717) is 10.8 Å². The van der Waals surface area contributed by atoms with Crippen molar-refractivity contribution in [2.45, 2.75) is 0 Å². The number of hydrogen-bond donors (Lipinski definition) is 2. The number of benzene rings is 1. The summed E-state index contributed by atoms with van der Waals surface area (Å²) in [5, 5.41) is 3.58. The summed E-state index contributed by atoms with van der Waals surface area (Å²) >= 11 is 6.09. The summed E-state index contributed by atoms with van der Waals surface area (Å²) in [7, 11) is 1.94. The summed E-state index contributed by atoms with van der Waals surface area (Å²) < 4.78 is 1.94. The van der Waals surface area contributed by atoms with Crippen LogP contribution in [0, 0.1) is 0 Å². The van der Waals surface area contributed by atoms with Crippen LogP contribution in [-0.4, -0.2) is 19.5 Å². The molecule has 0 amide bonds. The van der Waals surface area contributed by atoms with E-state index >= 15 is 0 Å². The predicted octanol–water partition coefficient (Wildman–Crippen LogP) is 2.86. The fourth-order valence-electron chi connectivity index (χ4n) is 2.01. The molecule has 0 bridgehead atoms. The van der Waals surface area contributed by atoms with Crippen molar-refractivity contribution in [2.75, 3.05) is 11.1 Å². The SMILES string of the molecule is Cn1ccnc1-c1ccccc1Nc1nc(N)ncc1Cl. The molecule has 21 heavy (non-hydrogen) atoms. The number of aromatic nitrogens is 4. The lowest BCUT2D eigenvalue weighted by Gasteiger charge is -2.12. The fraction of sp³-hybridized carbons (Fsp3) is 0.0714. The predicted molar refractivity (Wildman–Crippen MR) is 83.4 cm³/mol. The minimum atomic E-state index is 0.163. The number of rotatable bonds is 3. The standard InChI is InChI=1S/C14H13ClN6/c1-21-7-6-17-13(21)9-4-2-3-5-11(9)19-12-10(15)8-18-14(16)20-12/h2-8H,1H3,(H3,16,18,19,20). The second kappa shape index (κ2) is 5.41. The van der Waals surface area contributed by atoms with Gasteiger partial charge in [0, 0.05) is 25.0 Å². The van der Waals surface area contributed by atoms with Crippen molar-refractivity contribution in [3.8, 4) is 11.4 Å². The highest BCUT2D eigenvalue weighted by atomic mass is 35.5. The average molecular weight is 301 g/mol. The quantitative estimate of drug-likeness (QED) is 0.777. The largest absolute Gasteiger partial charge is 0.368 e. The molecule has 6 nitrogen and oxygen atoms in total. The van der Waals surface area contributed by atoms with Gasteiger partial charge in [0.05, 0.1) is 11.9 Å². The maximum absolute atomic E-state index is 6.09. The third kappa shape index (κ3) is 2.66. The Morgan fingerprint density at radius 1 is 1.24 bits per heavy atom. The fourth-order valence-corrected chi connectivity index (χ4v) is 2.15. The smallest absolute Gasteiger partial charge is 0.222 e. The van der Waals surface area contributed by atoms with Crippen molar-refractivity contribution in [3.63, 3.8) is 0 Å². The third-order valence-electron chi connectivity index (χ3n) is 3.00. The van der Waals surface area contributed by atoms with Crippen molar-refractivity contribution < 1.29 is 0 Å². The van der Waals surface area contributed by atoms with Crippen molar-refractivity contribution in [3.05, 3.63) is 47.9 Å². The Balaban J connectivity index is 2.04. The van der Waals surface area contributed by atoms with Gasteiger partial charge in [0.15, 0.2) is 5.82 Å². The number of nitrogen functional groups attached to an aromatic ring is 1. The zero-order valence-corrected chi connectivity index (χ0v) is 12.0. The van der Waals surface area contributed by atoms with Crippen LogP contribution in [0.5, 0.6) is 0 Å². The Morgan fingerprint density at radius 2 is 2.05 bits per heavy atom. The van der Waals surface area contributed by atoms with Crippen LogP contribution in [0.2, 0.25) is 5.02 Å². The monoisotopic (exact) mass is 300 g/mol. The molecule has 0 saturated heterocycles. The number of imidazole rings is 1. The van der Waals surface area contributed by atoms with Crippen LogP contribution in [-0.2, 0) is 7.05 Å². The van der Waals surface area contributed by atoms with Crippen molar-refractivity contribution in [1.29, 1.82) is 0 Å². The number of halogens is 1. The molecule has 2 heterocycles. The molecule has 0 atom stereocenters. The van der Waals surface area contributed by atoms with Gasteiger partial charge in [-0.15, -0.1) is 0 Å². The highest BCUT2D eigenvalue weighted by Gasteiger charge is 2.11. The van der Waals surface area contributed by atoms with Crippen molar-refractivity contribution in [1.82, 2.24) is 19.5 Å². The molecule has 0 fully saturated rings. The molecular formula is C14H13ClN6. The average Bonchev–Trinajstić information content (AvgIpc) is 2.90. The van der Waals surface area contributed by atoms with E-state index in [1.807, 2.05) is 42.1 Å². The highest BCUT2D eigenvalue weighted by molar-refractivity contribution is 6.32. The maximum atomic E-state index is 6.09. The molecule has 0 radical (unpaired) electrons. The van der Waals surface area contributed by atoms with E-state index in [0.717, 1.165) is 17.1 Å². The zero-order chi connectivity index (χ0) is 14.8. The van der Waals surface area contributed by atoms with Crippen LogP contribution in [0.3, 0.4) is 0 Å². The summed E-state index contributed by atoms with van der Waals surface area (Å²) in [6.45, 7) is 0. The molecule has 0 spiro atoms. The molecule has 3 aromatic rings. The lowest BCUT2D eigenvalue weighted by molar-refractivity contribution is 0.925. The van der Waals surface area contributed by atoms with Gasteiger partial charge in [0.25, 0.3) is 0 Å². The number of nitrogens with zero attached hydrogens (tertiary/aromatic N) is 4. The summed E-state index contributed by atoms with van der Waals surface area (Å²) in [5.74, 6) is 1.47. The lowest BCUT2D eigenvalue weighted by Crippen LogP contribution is -2.02. The number of nitrogens with one attached hydrogen (secondary N) is 1. The Bertz CT molecular complexity index is 783. The minimum absolute atomic E-state index is 0.163. The van der Waals surface area contributed by atoms with Gasteiger partial charge in [-0.05, 0) is 12.1 Å².